The van der Waals surface area contributed by atoms with Gasteiger partial charge in [-0.05, 0) is 6.92 Å². The molecule has 1 amide bonds. The van der Waals surface area contributed by atoms with Crippen LogP contribution in [0.3, 0.4) is 0 Å². The molecule has 1 atom stereocenters. The highest BCUT2D eigenvalue weighted by Gasteiger charge is 2.25. The number of nitrogens with two attached hydrogens (primary N) is 1. The Morgan fingerprint density at radius 1 is 1.75 bits per heavy atom. The molecule has 3 N–H and O–H groups in total. The standard InChI is InChI=1S/C9H14N4OS.ClH/c1-6-8(14)11-2-3-13(6)5-7-4-12-9(10)15-7;/h4,6H,2-3,5H2,1H3,(H2,10,12)(H,11,14);1H. The van der Waals surface area contributed by atoms with Crippen LogP contribution in [0.25, 0.3) is 0 Å². The second kappa shape index (κ2) is 5.47. The fourth-order valence-corrected chi connectivity index (χ4v) is 2.35. The molecular formula is C9H15ClN4OS. The molecule has 7 heteroatoms. The van der Waals surface area contributed by atoms with Crippen molar-refractivity contribution in [1.82, 2.24) is 15.2 Å². The lowest BCUT2D eigenvalue weighted by molar-refractivity contribution is -0.128. The predicted molar refractivity (Wildman–Crippen MR) is 66.7 cm³/mol. The first-order valence-corrected chi connectivity index (χ1v) is 5.70. The minimum atomic E-state index is -0.0675. The molecule has 0 aliphatic carbocycles. The molecule has 0 aromatic carbocycles. The number of amides is 1. The van der Waals surface area contributed by atoms with Gasteiger partial charge < -0.3 is 11.1 Å². The van der Waals surface area contributed by atoms with E-state index in [0.717, 1.165) is 24.5 Å². The van der Waals surface area contributed by atoms with E-state index in [-0.39, 0.29) is 24.4 Å². The van der Waals surface area contributed by atoms with Crippen LogP contribution in [0.2, 0.25) is 0 Å². The molecule has 16 heavy (non-hydrogen) atoms. The quantitative estimate of drug-likeness (QED) is 0.813. The maximum absolute atomic E-state index is 11.4. The van der Waals surface area contributed by atoms with Gasteiger partial charge in [-0.15, -0.1) is 23.7 Å². The Morgan fingerprint density at radius 2 is 2.50 bits per heavy atom. The topological polar surface area (TPSA) is 71.2 Å². The van der Waals surface area contributed by atoms with E-state index in [0.29, 0.717) is 5.13 Å². The lowest BCUT2D eigenvalue weighted by Gasteiger charge is -2.32. The molecule has 1 saturated heterocycles. The highest BCUT2D eigenvalue weighted by molar-refractivity contribution is 7.15. The Kier molecular flexibility index (Phi) is 4.52. The number of carbonyl (C=O) groups is 1. The lowest BCUT2D eigenvalue weighted by atomic mass is 10.2. The minimum Gasteiger partial charge on any atom is -0.375 e. The molecule has 0 bridgehead atoms. The Hall–Kier alpha value is -0.850. The van der Waals surface area contributed by atoms with Crippen LogP contribution in [0.15, 0.2) is 6.20 Å². The van der Waals surface area contributed by atoms with E-state index >= 15 is 0 Å². The third-order valence-electron chi connectivity index (χ3n) is 2.56. The fraction of sp³-hybridized carbons (Fsp3) is 0.556. The van der Waals surface area contributed by atoms with Crippen LogP contribution in [0, 0.1) is 0 Å². The van der Waals surface area contributed by atoms with Crippen molar-refractivity contribution < 1.29 is 4.79 Å². The molecule has 1 unspecified atom stereocenters. The molecule has 1 aromatic heterocycles. The number of halogens is 1. The van der Waals surface area contributed by atoms with Gasteiger partial charge in [-0.1, -0.05) is 0 Å². The highest BCUT2D eigenvalue weighted by atomic mass is 35.5. The van der Waals surface area contributed by atoms with E-state index in [1.807, 2.05) is 6.92 Å². The molecule has 5 nitrogen and oxygen atoms in total. The third-order valence-corrected chi connectivity index (χ3v) is 3.37. The van der Waals surface area contributed by atoms with Crippen LogP contribution in [0.5, 0.6) is 0 Å². The largest absolute Gasteiger partial charge is 0.375 e. The van der Waals surface area contributed by atoms with E-state index in [1.165, 1.54) is 11.3 Å². The summed E-state index contributed by atoms with van der Waals surface area (Å²) in [5.41, 5.74) is 5.56. The van der Waals surface area contributed by atoms with Gasteiger partial charge in [-0.3, -0.25) is 9.69 Å². The summed E-state index contributed by atoms with van der Waals surface area (Å²) in [7, 11) is 0. The molecule has 1 aliphatic heterocycles. The monoisotopic (exact) mass is 262 g/mol. The van der Waals surface area contributed by atoms with Crippen molar-refractivity contribution in [3.05, 3.63) is 11.1 Å². The van der Waals surface area contributed by atoms with Crippen LogP contribution in [0.1, 0.15) is 11.8 Å². The van der Waals surface area contributed by atoms with Crippen molar-refractivity contribution >= 4 is 34.8 Å². The van der Waals surface area contributed by atoms with Crippen LogP contribution in [-0.2, 0) is 11.3 Å². The van der Waals surface area contributed by atoms with Crippen LogP contribution in [-0.4, -0.2) is 34.9 Å². The number of hydrogen-bond acceptors (Lipinski definition) is 5. The predicted octanol–water partition coefficient (Wildman–Crippen LogP) is 0.467. The SMILES string of the molecule is CC1C(=O)NCCN1Cc1cnc(N)s1.Cl. The Morgan fingerprint density at radius 3 is 3.12 bits per heavy atom. The average Bonchev–Trinajstić information content (AvgIpc) is 2.59. The normalized spacial score (nSPS) is 21.3. The minimum absolute atomic E-state index is 0. The number of piperazine rings is 1. The van der Waals surface area contributed by atoms with Gasteiger partial charge in [0, 0.05) is 30.7 Å². The maximum atomic E-state index is 11.4. The van der Waals surface area contributed by atoms with Gasteiger partial charge in [0.25, 0.3) is 0 Å². The number of nitrogen functional groups attached to an aromatic ring is 1. The number of aromatic nitrogens is 1. The average molecular weight is 263 g/mol. The molecule has 1 aromatic rings. The zero-order valence-electron chi connectivity index (χ0n) is 8.97. The van der Waals surface area contributed by atoms with E-state index in [2.05, 4.69) is 15.2 Å². The van der Waals surface area contributed by atoms with Crippen LogP contribution < -0.4 is 11.1 Å². The van der Waals surface area contributed by atoms with Gasteiger partial charge in [0.2, 0.25) is 5.91 Å². The summed E-state index contributed by atoms with van der Waals surface area (Å²) in [6.45, 7) is 4.27. The molecule has 0 spiro atoms. The summed E-state index contributed by atoms with van der Waals surface area (Å²) in [6, 6.07) is -0.0675. The lowest BCUT2D eigenvalue weighted by Crippen LogP contribution is -2.53. The Labute approximate surface area is 104 Å². The Balaban J connectivity index is 0.00000128. The number of rotatable bonds is 2. The van der Waals surface area contributed by atoms with E-state index < -0.39 is 0 Å². The van der Waals surface area contributed by atoms with Gasteiger partial charge in [-0.2, -0.15) is 0 Å². The van der Waals surface area contributed by atoms with Crippen molar-refractivity contribution in [3.63, 3.8) is 0 Å². The zero-order valence-corrected chi connectivity index (χ0v) is 10.6. The summed E-state index contributed by atoms with van der Waals surface area (Å²) in [4.78, 5) is 18.6. The first-order chi connectivity index (χ1) is 7.16. The first-order valence-electron chi connectivity index (χ1n) is 4.89. The van der Waals surface area contributed by atoms with Crippen LogP contribution in [0.4, 0.5) is 5.13 Å². The summed E-state index contributed by atoms with van der Waals surface area (Å²) < 4.78 is 0. The van der Waals surface area contributed by atoms with Crippen molar-refractivity contribution in [2.45, 2.75) is 19.5 Å². The molecule has 0 saturated carbocycles. The fourth-order valence-electron chi connectivity index (χ4n) is 1.64. The summed E-state index contributed by atoms with van der Waals surface area (Å²) in [5.74, 6) is 0.0961. The molecule has 0 radical (unpaired) electrons. The molecule has 2 rings (SSSR count). The van der Waals surface area contributed by atoms with E-state index in [1.54, 1.807) is 6.20 Å². The second-order valence-corrected chi connectivity index (χ2v) is 4.75. The first kappa shape index (κ1) is 13.2. The summed E-state index contributed by atoms with van der Waals surface area (Å²) in [6.07, 6.45) is 1.78. The maximum Gasteiger partial charge on any atom is 0.237 e. The number of anilines is 1. The van der Waals surface area contributed by atoms with Gasteiger partial charge in [0.05, 0.1) is 6.04 Å². The van der Waals surface area contributed by atoms with Gasteiger partial charge in [0.1, 0.15) is 0 Å². The number of nitrogens with one attached hydrogen (secondary N) is 1. The summed E-state index contributed by atoms with van der Waals surface area (Å²) >= 11 is 1.48. The Bertz CT molecular complexity index is 370. The highest BCUT2D eigenvalue weighted by Crippen LogP contribution is 2.18. The second-order valence-electron chi connectivity index (χ2n) is 3.60. The number of thiazole rings is 1. The van der Waals surface area contributed by atoms with Crippen molar-refractivity contribution in [1.29, 1.82) is 0 Å². The number of carbonyl (C=O) groups excluding carboxylic acids is 1. The van der Waals surface area contributed by atoms with Gasteiger partial charge in [-0.25, -0.2) is 4.98 Å². The molecule has 1 aliphatic rings. The number of nitrogens with zero attached hydrogens (tertiary/aromatic N) is 2. The van der Waals surface area contributed by atoms with E-state index in [9.17, 15) is 4.79 Å². The molecule has 1 fully saturated rings. The number of hydrogen-bond donors (Lipinski definition) is 2. The smallest absolute Gasteiger partial charge is 0.237 e. The third kappa shape index (κ3) is 2.84. The van der Waals surface area contributed by atoms with Crippen molar-refractivity contribution in [2.75, 3.05) is 18.8 Å². The van der Waals surface area contributed by atoms with Crippen molar-refractivity contribution in [2.24, 2.45) is 0 Å². The zero-order chi connectivity index (χ0) is 10.8. The van der Waals surface area contributed by atoms with Crippen molar-refractivity contribution in [3.8, 4) is 0 Å². The van der Waals surface area contributed by atoms with E-state index in [4.69, 9.17) is 5.73 Å². The van der Waals surface area contributed by atoms with Crippen LogP contribution >= 0.6 is 23.7 Å². The summed E-state index contributed by atoms with van der Waals surface area (Å²) in [5, 5.41) is 3.42. The molecule has 90 valence electrons. The molecule has 2 heterocycles. The van der Waals surface area contributed by atoms with Gasteiger partial charge >= 0.3 is 0 Å². The molecular weight excluding hydrogens is 248 g/mol. The van der Waals surface area contributed by atoms with Gasteiger partial charge in [0.15, 0.2) is 5.13 Å².